The molecular formula is C42H28N2S. The van der Waals surface area contributed by atoms with Crippen molar-refractivity contribution in [3.05, 3.63) is 170 Å². The van der Waals surface area contributed by atoms with Gasteiger partial charge in [-0.1, -0.05) is 122 Å². The predicted molar refractivity (Wildman–Crippen MR) is 193 cm³/mol. The summed E-state index contributed by atoms with van der Waals surface area (Å²) in [6.45, 7) is 4.24. The van der Waals surface area contributed by atoms with Crippen LogP contribution in [-0.4, -0.2) is 9.97 Å². The van der Waals surface area contributed by atoms with E-state index in [0.29, 0.717) is 0 Å². The van der Waals surface area contributed by atoms with Gasteiger partial charge in [-0.25, -0.2) is 0 Å². The molecule has 8 rings (SSSR count). The first-order valence-corrected chi connectivity index (χ1v) is 15.8. The maximum atomic E-state index is 4.83. The molecule has 3 heteroatoms. The molecule has 0 radical (unpaired) electrons. The first-order chi connectivity index (χ1) is 22.3. The van der Waals surface area contributed by atoms with Crippen LogP contribution >= 0.6 is 11.3 Å². The highest BCUT2D eigenvalue weighted by Gasteiger charge is 2.21. The Hall–Kier alpha value is -5.64. The zero-order chi connectivity index (χ0) is 30.2. The minimum Gasteiger partial charge on any atom is -0.254 e. The van der Waals surface area contributed by atoms with Gasteiger partial charge < -0.3 is 0 Å². The molecule has 212 valence electrons. The van der Waals surface area contributed by atoms with Crippen molar-refractivity contribution < 1.29 is 0 Å². The standard InChI is InChI=1S/C42H28N2S/c1-2-28(29-14-6-3-7-15-29)24-36-37-26-33(30-16-8-4-9-17-30)25-35(31-18-10-5-11-19-31)42(37)45-41(36)34-21-12-20-32-27-44-38-22-13-23-43-40(38)39(32)34/h2-27H,1H2/b28-24+. The monoisotopic (exact) mass is 592 g/mol. The zero-order valence-electron chi connectivity index (χ0n) is 24.5. The van der Waals surface area contributed by atoms with Gasteiger partial charge in [0, 0.05) is 54.8 Å². The molecule has 5 aromatic carbocycles. The average Bonchev–Trinajstić information content (AvgIpc) is 3.48. The Morgan fingerprint density at radius 3 is 2.13 bits per heavy atom. The van der Waals surface area contributed by atoms with Crippen LogP contribution in [0, 0.1) is 0 Å². The van der Waals surface area contributed by atoms with Crippen LogP contribution in [0.25, 0.3) is 76.2 Å². The van der Waals surface area contributed by atoms with Crippen molar-refractivity contribution in [3.8, 4) is 32.7 Å². The van der Waals surface area contributed by atoms with Crippen molar-refractivity contribution in [1.29, 1.82) is 0 Å². The number of thiophene rings is 1. The highest BCUT2D eigenvalue weighted by Crippen LogP contribution is 2.48. The van der Waals surface area contributed by atoms with E-state index in [2.05, 4.69) is 134 Å². The van der Waals surface area contributed by atoms with Crippen molar-refractivity contribution in [1.82, 2.24) is 9.97 Å². The summed E-state index contributed by atoms with van der Waals surface area (Å²) in [7, 11) is 0. The molecule has 45 heavy (non-hydrogen) atoms. The van der Waals surface area contributed by atoms with Crippen LogP contribution in [0.2, 0.25) is 0 Å². The van der Waals surface area contributed by atoms with E-state index in [-0.39, 0.29) is 0 Å². The molecule has 0 aliphatic heterocycles. The molecule has 0 atom stereocenters. The third kappa shape index (κ3) is 4.84. The summed E-state index contributed by atoms with van der Waals surface area (Å²) in [5.74, 6) is 0. The van der Waals surface area contributed by atoms with Crippen molar-refractivity contribution in [2.24, 2.45) is 0 Å². The number of allylic oxidation sites excluding steroid dienone is 2. The number of pyridine rings is 2. The predicted octanol–water partition coefficient (Wildman–Crippen LogP) is 11.7. The smallest absolute Gasteiger partial charge is 0.0971 e. The Labute approximate surface area is 266 Å². The van der Waals surface area contributed by atoms with Crippen molar-refractivity contribution in [2.75, 3.05) is 0 Å². The summed E-state index contributed by atoms with van der Waals surface area (Å²) in [5.41, 5.74) is 11.2. The Morgan fingerprint density at radius 1 is 0.644 bits per heavy atom. The number of hydrogen-bond acceptors (Lipinski definition) is 3. The molecular weight excluding hydrogens is 565 g/mol. The topological polar surface area (TPSA) is 25.8 Å². The maximum Gasteiger partial charge on any atom is 0.0971 e. The Morgan fingerprint density at radius 2 is 1.38 bits per heavy atom. The third-order valence-corrected chi connectivity index (χ3v) is 9.64. The Bertz CT molecular complexity index is 2370. The molecule has 3 heterocycles. The number of hydrogen-bond donors (Lipinski definition) is 0. The van der Waals surface area contributed by atoms with E-state index in [9.17, 15) is 0 Å². The molecule has 0 bridgehead atoms. The molecule has 0 saturated carbocycles. The normalized spacial score (nSPS) is 11.8. The molecule has 0 fully saturated rings. The van der Waals surface area contributed by atoms with Gasteiger partial charge in [-0.3, -0.25) is 9.97 Å². The van der Waals surface area contributed by atoms with Gasteiger partial charge in [0.25, 0.3) is 0 Å². The van der Waals surface area contributed by atoms with E-state index in [1.54, 1.807) is 0 Å². The summed E-state index contributed by atoms with van der Waals surface area (Å²) >= 11 is 1.85. The fourth-order valence-corrected chi connectivity index (χ4v) is 7.53. The number of fused-ring (bicyclic) bond motifs is 4. The van der Waals surface area contributed by atoms with Gasteiger partial charge in [0.15, 0.2) is 0 Å². The molecule has 0 unspecified atom stereocenters. The van der Waals surface area contributed by atoms with Crippen LogP contribution in [-0.2, 0) is 0 Å². The van der Waals surface area contributed by atoms with Gasteiger partial charge in [-0.2, -0.15) is 0 Å². The molecule has 0 amide bonds. The van der Waals surface area contributed by atoms with Crippen LogP contribution < -0.4 is 0 Å². The van der Waals surface area contributed by atoms with Crippen LogP contribution in [0.15, 0.2) is 159 Å². The minimum atomic E-state index is 0.892. The second-order valence-corrected chi connectivity index (χ2v) is 12.1. The SMILES string of the molecule is C=C/C(=C\c1c(-c2cccc3cnc4cccnc4c23)sc2c(-c3ccccc3)cc(-c3ccccc3)cc12)c1ccccc1. The Balaban J connectivity index is 1.53. The first-order valence-electron chi connectivity index (χ1n) is 15.0. The molecule has 3 aromatic heterocycles. The highest BCUT2D eigenvalue weighted by molar-refractivity contribution is 7.23. The van der Waals surface area contributed by atoms with Gasteiger partial charge in [0.2, 0.25) is 0 Å². The van der Waals surface area contributed by atoms with Gasteiger partial charge in [0.05, 0.1) is 11.0 Å². The van der Waals surface area contributed by atoms with Crippen LogP contribution in [0.3, 0.4) is 0 Å². The lowest BCUT2D eigenvalue weighted by molar-refractivity contribution is 1.36. The average molecular weight is 593 g/mol. The molecule has 0 N–H and O–H groups in total. The fourth-order valence-electron chi connectivity index (χ4n) is 6.20. The second-order valence-electron chi connectivity index (χ2n) is 11.0. The lowest BCUT2D eigenvalue weighted by Crippen LogP contribution is -1.89. The molecule has 0 aliphatic carbocycles. The van der Waals surface area contributed by atoms with Gasteiger partial charge in [-0.15, -0.1) is 11.3 Å². The highest BCUT2D eigenvalue weighted by atomic mass is 32.1. The fraction of sp³-hybridized carbons (Fsp3) is 0. The van der Waals surface area contributed by atoms with E-state index in [4.69, 9.17) is 9.97 Å². The van der Waals surface area contributed by atoms with Crippen molar-refractivity contribution in [2.45, 2.75) is 0 Å². The summed E-state index contributed by atoms with van der Waals surface area (Å²) in [6.07, 6.45) is 8.10. The number of benzene rings is 5. The lowest BCUT2D eigenvalue weighted by atomic mass is 9.93. The molecule has 0 spiro atoms. The van der Waals surface area contributed by atoms with E-state index in [0.717, 1.165) is 38.5 Å². The summed E-state index contributed by atoms with van der Waals surface area (Å²) in [4.78, 5) is 10.8. The summed E-state index contributed by atoms with van der Waals surface area (Å²) in [6, 6.07) is 47.1. The van der Waals surface area contributed by atoms with E-state index < -0.39 is 0 Å². The minimum absolute atomic E-state index is 0.892. The van der Waals surface area contributed by atoms with Crippen molar-refractivity contribution >= 4 is 54.9 Å². The zero-order valence-corrected chi connectivity index (χ0v) is 25.3. The Kier molecular flexibility index (Phi) is 6.86. The first kappa shape index (κ1) is 26.9. The summed E-state index contributed by atoms with van der Waals surface area (Å²) in [5, 5.41) is 3.41. The van der Waals surface area contributed by atoms with Gasteiger partial charge >= 0.3 is 0 Å². The largest absolute Gasteiger partial charge is 0.254 e. The lowest BCUT2D eigenvalue weighted by Gasteiger charge is -2.11. The number of nitrogens with zero attached hydrogens (tertiary/aromatic N) is 2. The second kappa shape index (κ2) is 11.5. The molecule has 8 aromatic rings. The van der Waals surface area contributed by atoms with Crippen molar-refractivity contribution in [3.63, 3.8) is 0 Å². The van der Waals surface area contributed by atoms with E-state index >= 15 is 0 Å². The third-order valence-electron chi connectivity index (χ3n) is 8.35. The van der Waals surface area contributed by atoms with E-state index in [1.807, 2.05) is 41.9 Å². The number of rotatable bonds is 6. The molecule has 0 aliphatic rings. The van der Waals surface area contributed by atoms with Crippen LogP contribution in [0.5, 0.6) is 0 Å². The molecule has 0 saturated heterocycles. The van der Waals surface area contributed by atoms with Gasteiger partial charge in [0.1, 0.15) is 0 Å². The van der Waals surface area contributed by atoms with E-state index in [1.165, 1.54) is 42.8 Å². The van der Waals surface area contributed by atoms with Crippen LogP contribution in [0.4, 0.5) is 0 Å². The summed E-state index contributed by atoms with van der Waals surface area (Å²) < 4.78 is 1.25. The van der Waals surface area contributed by atoms with Gasteiger partial charge in [-0.05, 0) is 58.2 Å². The quantitative estimate of drug-likeness (QED) is 0.142. The molecule has 2 nitrogen and oxygen atoms in total. The number of aromatic nitrogens is 2. The maximum absolute atomic E-state index is 4.83. The van der Waals surface area contributed by atoms with Crippen LogP contribution in [0.1, 0.15) is 11.1 Å².